The van der Waals surface area contributed by atoms with Crippen molar-refractivity contribution in [1.82, 2.24) is 0 Å². The van der Waals surface area contributed by atoms with E-state index in [-0.39, 0.29) is 0 Å². The molecule has 1 heteroatoms. The Morgan fingerprint density at radius 2 is 1.55 bits per heavy atom. The molecule has 0 nitrogen and oxygen atoms in total. The fraction of sp³-hybridized carbons (Fsp3) is 1.00. The van der Waals surface area contributed by atoms with Gasteiger partial charge in [0, 0.05) is 0 Å². The number of alkyl halides is 1. The van der Waals surface area contributed by atoms with Gasteiger partial charge in [0.05, 0.1) is 6.17 Å². The van der Waals surface area contributed by atoms with Gasteiger partial charge >= 0.3 is 0 Å². The summed E-state index contributed by atoms with van der Waals surface area (Å²) in [7, 11) is 0. The highest BCUT2D eigenvalue weighted by Gasteiger charge is 2.06. The summed E-state index contributed by atoms with van der Waals surface area (Å²) < 4.78 is 12.4. The molecule has 0 spiro atoms. The van der Waals surface area contributed by atoms with Gasteiger partial charge in [-0.1, -0.05) is 20.8 Å². The van der Waals surface area contributed by atoms with Crippen molar-refractivity contribution in [3.05, 3.63) is 0 Å². The van der Waals surface area contributed by atoms with E-state index in [0.717, 1.165) is 18.8 Å². The van der Waals surface area contributed by atoms with E-state index < -0.39 is 6.17 Å². The molecule has 0 saturated heterocycles. The minimum atomic E-state index is -0.621. The fourth-order valence-corrected chi connectivity index (χ4v) is 1.44. The van der Waals surface area contributed by atoms with Crippen molar-refractivity contribution in [2.45, 2.75) is 53.1 Å². The van der Waals surface area contributed by atoms with E-state index in [1.165, 1.54) is 6.42 Å². The molecule has 0 amide bonds. The predicted molar refractivity (Wildman–Crippen MR) is 48.4 cm³/mol. The molecule has 0 aromatic rings. The highest BCUT2D eigenvalue weighted by atomic mass is 19.1. The summed E-state index contributed by atoms with van der Waals surface area (Å²) in [6, 6.07) is 0. The molecule has 0 rings (SSSR count). The zero-order chi connectivity index (χ0) is 8.85. The van der Waals surface area contributed by atoms with Crippen molar-refractivity contribution in [2.24, 2.45) is 11.8 Å². The largest absolute Gasteiger partial charge is 0.248 e. The van der Waals surface area contributed by atoms with Crippen molar-refractivity contribution >= 4 is 0 Å². The summed E-state index contributed by atoms with van der Waals surface area (Å²) in [5.41, 5.74) is 0. The number of hydrogen-bond acceptors (Lipinski definition) is 0. The summed E-state index contributed by atoms with van der Waals surface area (Å²) in [4.78, 5) is 0. The number of hydrogen-bond donors (Lipinski definition) is 0. The van der Waals surface area contributed by atoms with E-state index in [1.54, 1.807) is 6.92 Å². The molecule has 0 aromatic carbocycles. The molecule has 0 bridgehead atoms. The van der Waals surface area contributed by atoms with Gasteiger partial charge in [-0.25, -0.2) is 4.39 Å². The lowest BCUT2D eigenvalue weighted by atomic mass is 9.94. The highest BCUT2D eigenvalue weighted by molar-refractivity contribution is 4.58. The van der Waals surface area contributed by atoms with Crippen molar-refractivity contribution < 1.29 is 4.39 Å². The van der Waals surface area contributed by atoms with Gasteiger partial charge in [0.15, 0.2) is 0 Å². The Bertz CT molecular complexity index is 86.9. The molecule has 68 valence electrons. The molecular weight excluding hydrogens is 139 g/mol. The normalized spacial score (nSPS) is 16.9. The van der Waals surface area contributed by atoms with Gasteiger partial charge in [-0.15, -0.1) is 0 Å². The zero-order valence-electron chi connectivity index (χ0n) is 8.23. The molecule has 0 saturated carbocycles. The Morgan fingerprint density at radius 3 is 1.91 bits per heavy atom. The Hall–Kier alpha value is -0.0700. The maximum absolute atomic E-state index is 12.4. The van der Waals surface area contributed by atoms with Crippen molar-refractivity contribution in [2.75, 3.05) is 0 Å². The molecule has 0 N–H and O–H groups in total. The van der Waals surface area contributed by atoms with Crippen molar-refractivity contribution in [1.29, 1.82) is 0 Å². The first-order chi connectivity index (χ1) is 5.02. The van der Waals surface area contributed by atoms with Crippen LogP contribution in [0.25, 0.3) is 0 Å². The molecule has 0 fully saturated rings. The average Bonchev–Trinajstić information content (AvgIpc) is 1.82. The lowest BCUT2D eigenvalue weighted by Crippen LogP contribution is -2.03. The van der Waals surface area contributed by atoms with Crippen LogP contribution in [-0.2, 0) is 0 Å². The summed E-state index contributed by atoms with van der Waals surface area (Å²) in [6.07, 6.45) is 2.38. The van der Waals surface area contributed by atoms with Crippen LogP contribution in [0.15, 0.2) is 0 Å². The molecular formula is C10H21F. The Balaban J connectivity index is 3.29. The van der Waals surface area contributed by atoms with Crippen LogP contribution in [0.5, 0.6) is 0 Å². The molecule has 0 aliphatic heterocycles. The third kappa shape index (κ3) is 7.83. The Morgan fingerprint density at radius 1 is 1.00 bits per heavy atom. The second kappa shape index (κ2) is 5.56. The van der Waals surface area contributed by atoms with E-state index in [0.29, 0.717) is 5.92 Å². The predicted octanol–water partition coefficient (Wildman–Crippen LogP) is 3.81. The van der Waals surface area contributed by atoms with Crippen LogP contribution in [0.3, 0.4) is 0 Å². The SMILES string of the molecule is CC(C)CC(C)CCC(C)F. The van der Waals surface area contributed by atoms with Crippen LogP contribution in [0.1, 0.15) is 47.0 Å². The first-order valence-electron chi connectivity index (χ1n) is 4.66. The third-order valence-corrected chi connectivity index (χ3v) is 1.93. The van der Waals surface area contributed by atoms with E-state index in [9.17, 15) is 4.39 Å². The Labute approximate surface area is 70.2 Å². The minimum Gasteiger partial charge on any atom is -0.248 e. The maximum Gasteiger partial charge on any atom is 0.0973 e. The van der Waals surface area contributed by atoms with Crippen LogP contribution in [-0.4, -0.2) is 6.17 Å². The summed E-state index contributed by atoms with van der Waals surface area (Å²) >= 11 is 0. The number of halogens is 1. The average molecular weight is 160 g/mol. The van der Waals surface area contributed by atoms with Gasteiger partial charge in [-0.05, 0) is 38.0 Å². The second-order valence-electron chi connectivity index (χ2n) is 4.09. The summed E-state index contributed by atoms with van der Waals surface area (Å²) in [6.45, 7) is 8.29. The molecule has 0 aromatic heterocycles. The van der Waals surface area contributed by atoms with E-state index in [2.05, 4.69) is 20.8 Å². The van der Waals surface area contributed by atoms with Crippen LogP contribution in [0.4, 0.5) is 4.39 Å². The maximum atomic E-state index is 12.4. The second-order valence-corrected chi connectivity index (χ2v) is 4.09. The van der Waals surface area contributed by atoms with Gasteiger partial charge in [0.25, 0.3) is 0 Å². The fourth-order valence-electron chi connectivity index (χ4n) is 1.44. The van der Waals surface area contributed by atoms with Gasteiger partial charge in [-0.3, -0.25) is 0 Å². The third-order valence-electron chi connectivity index (χ3n) is 1.93. The van der Waals surface area contributed by atoms with Gasteiger partial charge in [0.2, 0.25) is 0 Å². The first-order valence-corrected chi connectivity index (χ1v) is 4.66. The van der Waals surface area contributed by atoms with E-state index in [4.69, 9.17) is 0 Å². The Kier molecular flexibility index (Phi) is 5.53. The summed E-state index contributed by atoms with van der Waals surface area (Å²) in [5, 5.41) is 0. The quantitative estimate of drug-likeness (QED) is 0.573. The monoisotopic (exact) mass is 160 g/mol. The van der Waals surface area contributed by atoms with Crippen molar-refractivity contribution in [3.8, 4) is 0 Å². The minimum absolute atomic E-state index is 0.621. The molecule has 11 heavy (non-hydrogen) atoms. The van der Waals surface area contributed by atoms with Crippen LogP contribution < -0.4 is 0 Å². The lowest BCUT2D eigenvalue weighted by Gasteiger charge is -2.13. The van der Waals surface area contributed by atoms with Gasteiger partial charge in [-0.2, -0.15) is 0 Å². The standard InChI is InChI=1S/C10H21F/c1-8(2)7-9(3)5-6-10(4)11/h8-10H,5-7H2,1-4H3. The molecule has 0 aliphatic rings. The molecule has 0 aliphatic carbocycles. The molecule has 2 atom stereocenters. The zero-order valence-corrected chi connectivity index (χ0v) is 8.23. The van der Waals surface area contributed by atoms with Gasteiger partial charge < -0.3 is 0 Å². The highest BCUT2D eigenvalue weighted by Crippen LogP contribution is 2.17. The van der Waals surface area contributed by atoms with Crippen molar-refractivity contribution in [3.63, 3.8) is 0 Å². The topological polar surface area (TPSA) is 0 Å². The van der Waals surface area contributed by atoms with Crippen LogP contribution >= 0.6 is 0 Å². The molecule has 2 unspecified atom stereocenters. The first kappa shape index (κ1) is 10.9. The van der Waals surface area contributed by atoms with Crippen LogP contribution in [0, 0.1) is 11.8 Å². The van der Waals surface area contributed by atoms with Crippen LogP contribution in [0.2, 0.25) is 0 Å². The van der Waals surface area contributed by atoms with E-state index in [1.807, 2.05) is 0 Å². The summed E-state index contributed by atoms with van der Waals surface area (Å²) in [5.74, 6) is 1.44. The number of rotatable bonds is 5. The van der Waals surface area contributed by atoms with E-state index >= 15 is 0 Å². The van der Waals surface area contributed by atoms with Gasteiger partial charge in [0.1, 0.15) is 0 Å². The lowest BCUT2D eigenvalue weighted by molar-refractivity contribution is 0.299. The smallest absolute Gasteiger partial charge is 0.0973 e. The molecule has 0 heterocycles. The molecule has 0 radical (unpaired) electrons.